The molecule has 2 fully saturated rings. The van der Waals surface area contributed by atoms with E-state index < -0.39 is 11.6 Å². The van der Waals surface area contributed by atoms with Gasteiger partial charge in [0.05, 0.1) is 7.11 Å². The number of hydrogen-bond donors (Lipinski definition) is 0. The minimum atomic E-state index is -0.730. The normalized spacial score (nSPS) is 28.4. The lowest BCUT2D eigenvalue weighted by molar-refractivity contribution is 0.158. The molecule has 2 saturated carbocycles. The number of hydrogen-bond acceptors (Lipinski definition) is 1. The summed E-state index contributed by atoms with van der Waals surface area (Å²) >= 11 is 0. The van der Waals surface area contributed by atoms with Crippen molar-refractivity contribution in [3.05, 3.63) is 41.5 Å². The first-order valence-corrected chi connectivity index (χ1v) is 11.1. The lowest BCUT2D eigenvalue weighted by Crippen LogP contribution is -2.25. The van der Waals surface area contributed by atoms with Gasteiger partial charge in [-0.1, -0.05) is 32.3 Å². The molecule has 3 heteroatoms. The third-order valence-corrected chi connectivity index (χ3v) is 7.60. The summed E-state index contributed by atoms with van der Waals surface area (Å²) < 4.78 is 34.8. The summed E-state index contributed by atoms with van der Waals surface area (Å²) in [7, 11) is 1.54. The zero-order chi connectivity index (χ0) is 19.7. The van der Waals surface area contributed by atoms with Gasteiger partial charge in [0.25, 0.3) is 0 Å². The van der Waals surface area contributed by atoms with E-state index in [1.165, 1.54) is 39.2 Å². The van der Waals surface area contributed by atoms with Gasteiger partial charge in [0.1, 0.15) is 5.75 Å². The molecule has 0 spiro atoms. The summed E-state index contributed by atoms with van der Waals surface area (Å²) in [5.74, 6) is 1.88. The number of benzene rings is 2. The van der Waals surface area contributed by atoms with Crippen LogP contribution >= 0.6 is 0 Å². The number of fused-ring (bicyclic) bond motifs is 1. The predicted octanol–water partition coefficient (Wildman–Crippen LogP) is 7.62. The first-order chi connectivity index (χ1) is 13.6. The summed E-state index contributed by atoms with van der Waals surface area (Å²) in [6.45, 7) is 2.31. The van der Waals surface area contributed by atoms with E-state index >= 15 is 0 Å². The molecule has 152 valence electrons. The molecule has 0 N–H and O–H groups in total. The first kappa shape index (κ1) is 19.7. The van der Waals surface area contributed by atoms with E-state index in [4.69, 9.17) is 4.74 Å². The smallest absolute Gasteiger partial charge is 0.167 e. The average molecular weight is 387 g/mol. The lowest BCUT2D eigenvalue weighted by Gasteiger charge is -2.38. The van der Waals surface area contributed by atoms with Gasteiger partial charge in [-0.05, 0) is 91.3 Å². The Kier molecular flexibility index (Phi) is 5.89. The van der Waals surface area contributed by atoms with Crippen molar-refractivity contribution in [3.8, 4) is 5.75 Å². The molecule has 2 aliphatic rings. The van der Waals surface area contributed by atoms with Gasteiger partial charge in [-0.15, -0.1) is 0 Å². The van der Waals surface area contributed by atoms with Crippen molar-refractivity contribution in [1.82, 2.24) is 0 Å². The van der Waals surface area contributed by atoms with Crippen LogP contribution in [0.25, 0.3) is 10.8 Å². The summed E-state index contributed by atoms with van der Waals surface area (Å²) in [4.78, 5) is 0. The number of methoxy groups -OCH3 is 1. The van der Waals surface area contributed by atoms with Crippen molar-refractivity contribution in [2.45, 2.75) is 70.6 Å². The summed E-state index contributed by atoms with van der Waals surface area (Å²) in [5.41, 5.74) is 0.573. The highest BCUT2D eigenvalue weighted by Crippen LogP contribution is 2.45. The molecule has 1 nitrogen and oxygen atoms in total. The number of ether oxygens (including phenoxy) is 1. The topological polar surface area (TPSA) is 9.23 Å². The van der Waals surface area contributed by atoms with Crippen LogP contribution in [0.2, 0.25) is 0 Å². The molecular formula is C25H32F2O. The van der Waals surface area contributed by atoms with Gasteiger partial charge in [-0.3, -0.25) is 0 Å². The second-order valence-corrected chi connectivity index (χ2v) is 8.98. The van der Waals surface area contributed by atoms with Crippen LogP contribution in [-0.2, 0) is 0 Å². The van der Waals surface area contributed by atoms with Gasteiger partial charge in [-0.25, -0.2) is 8.78 Å². The maximum Gasteiger partial charge on any atom is 0.167 e. The van der Waals surface area contributed by atoms with Crippen LogP contribution < -0.4 is 4.74 Å². The van der Waals surface area contributed by atoms with Gasteiger partial charge in [-0.2, -0.15) is 0 Å². The molecule has 0 heterocycles. The van der Waals surface area contributed by atoms with Gasteiger partial charge in [0, 0.05) is 5.39 Å². The Bertz CT molecular complexity index is 815. The number of halogens is 2. The van der Waals surface area contributed by atoms with E-state index in [1.54, 1.807) is 6.07 Å². The second kappa shape index (κ2) is 8.39. The van der Waals surface area contributed by atoms with Crippen LogP contribution in [0.1, 0.15) is 76.2 Å². The fourth-order valence-corrected chi connectivity index (χ4v) is 5.72. The van der Waals surface area contributed by atoms with Crippen molar-refractivity contribution < 1.29 is 13.5 Å². The maximum atomic E-state index is 14.9. The molecule has 0 bridgehead atoms. The van der Waals surface area contributed by atoms with Crippen molar-refractivity contribution in [2.75, 3.05) is 7.11 Å². The lowest BCUT2D eigenvalue weighted by atomic mass is 9.68. The molecule has 4 rings (SSSR count). The van der Waals surface area contributed by atoms with E-state index in [1.807, 2.05) is 18.2 Å². The first-order valence-electron chi connectivity index (χ1n) is 11.1. The summed E-state index contributed by atoms with van der Waals surface area (Å²) in [6.07, 6.45) is 11.1. The zero-order valence-electron chi connectivity index (χ0n) is 17.1. The highest BCUT2D eigenvalue weighted by atomic mass is 19.2. The van der Waals surface area contributed by atoms with Crippen LogP contribution in [0.3, 0.4) is 0 Å². The third-order valence-electron chi connectivity index (χ3n) is 7.60. The Morgan fingerprint density at radius 1 is 0.857 bits per heavy atom. The average Bonchev–Trinajstić information content (AvgIpc) is 2.76. The van der Waals surface area contributed by atoms with Crippen LogP contribution in [0.15, 0.2) is 24.3 Å². The molecule has 2 aromatic carbocycles. The van der Waals surface area contributed by atoms with Crippen molar-refractivity contribution >= 4 is 10.8 Å². The monoisotopic (exact) mass is 386 g/mol. The third kappa shape index (κ3) is 3.77. The molecule has 0 atom stereocenters. The van der Waals surface area contributed by atoms with Crippen molar-refractivity contribution in [1.29, 1.82) is 0 Å². The van der Waals surface area contributed by atoms with Crippen molar-refractivity contribution in [3.63, 3.8) is 0 Å². The Morgan fingerprint density at radius 3 is 2.11 bits per heavy atom. The number of rotatable bonds is 4. The largest absolute Gasteiger partial charge is 0.497 e. The SMILES string of the molecule is CCC1CCC(C2CCC(c3cc4ccc(OC)cc4c(F)c3F)CC2)CC1. The van der Waals surface area contributed by atoms with Crippen LogP contribution in [0.4, 0.5) is 8.78 Å². The van der Waals surface area contributed by atoms with E-state index in [-0.39, 0.29) is 5.92 Å². The molecule has 0 unspecified atom stereocenters. The second-order valence-electron chi connectivity index (χ2n) is 8.98. The summed E-state index contributed by atoms with van der Waals surface area (Å²) in [6, 6.07) is 7.09. The van der Waals surface area contributed by atoms with Crippen LogP contribution in [-0.4, -0.2) is 7.11 Å². The highest BCUT2D eigenvalue weighted by Gasteiger charge is 2.32. The fraction of sp³-hybridized carbons (Fsp3) is 0.600. The Balaban J connectivity index is 1.47. The highest BCUT2D eigenvalue weighted by molar-refractivity contribution is 5.85. The maximum absolute atomic E-state index is 14.9. The molecule has 2 aromatic rings. The van der Waals surface area contributed by atoms with Gasteiger partial charge in [0.15, 0.2) is 11.6 Å². The Hall–Kier alpha value is -1.64. The minimum Gasteiger partial charge on any atom is -0.497 e. The van der Waals surface area contributed by atoms with Gasteiger partial charge >= 0.3 is 0 Å². The van der Waals surface area contributed by atoms with E-state index in [0.717, 1.165) is 48.8 Å². The summed E-state index contributed by atoms with van der Waals surface area (Å²) in [5, 5.41) is 1.07. The molecule has 0 aromatic heterocycles. The molecule has 0 saturated heterocycles. The molecule has 28 heavy (non-hydrogen) atoms. The van der Waals surface area contributed by atoms with Gasteiger partial charge < -0.3 is 4.74 Å². The van der Waals surface area contributed by atoms with E-state index in [9.17, 15) is 8.78 Å². The Labute approximate surface area is 167 Å². The minimum absolute atomic E-state index is 0.143. The predicted molar refractivity (Wildman–Crippen MR) is 111 cm³/mol. The fourth-order valence-electron chi connectivity index (χ4n) is 5.72. The molecule has 0 amide bonds. The van der Waals surface area contributed by atoms with E-state index in [2.05, 4.69) is 6.92 Å². The molecule has 2 aliphatic carbocycles. The van der Waals surface area contributed by atoms with Crippen molar-refractivity contribution in [2.24, 2.45) is 17.8 Å². The molecular weight excluding hydrogens is 354 g/mol. The molecule has 0 aliphatic heterocycles. The van der Waals surface area contributed by atoms with Crippen LogP contribution in [0, 0.1) is 29.4 Å². The zero-order valence-corrected chi connectivity index (χ0v) is 17.1. The van der Waals surface area contributed by atoms with E-state index in [0.29, 0.717) is 16.7 Å². The quantitative estimate of drug-likeness (QED) is 0.525. The van der Waals surface area contributed by atoms with Crippen LogP contribution in [0.5, 0.6) is 5.75 Å². The Morgan fingerprint density at radius 2 is 1.50 bits per heavy atom. The van der Waals surface area contributed by atoms with Gasteiger partial charge in [0.2, 0.25) is 0 Å². The standard InChI is InChI=1S/C25H32F2O/c1-3-16-4-6-17(7-5-16)18-8-10-19(11-9-18)22-14-20-12-13-21(28-2)15-23(20)25(27)24(22)26/h12-19H,3-11H2,1-2H3. The molecule has 0 radical (unpaired) electrons.